The first kappa shape index (κ1) is 9.84. The van der Waals surface area contributed by atoms with Gasteiger partial charge < -0.3 is 4.98 Å². The van der Waals surface area contributed by atoms with Crippen LogP contribution in [0, 0.1) is 0 Å². The maximum Gasteiger partial charge on any atom is 0.153 e. The highest BCUT2D eigenvalue weighted by atomic mass is 35.5. The van der Waals surface area contributed by atoms with E-state index in [1.54, 1.807) is 12.1 Å². The summed E-state index contributed by atoms with van der Waals surface area (Å²) < 4.78 is 0. The van der Waals surface area contributed by atoms with Crippen molar-refractivity contribution in [3.8, 4) is 0 Å². The number of nitrogens with one attached hydrogen (secondary N) is 1. The molecule has 2 aromatic rings. The Morgan fingerprint density at radius 2 is 1.93 bits per heavy atom. The Hall–Kier alpha value is -0.700. The molecule has 0 bridgehead atoms. The van der Waals surface area contributed by atoms with Gasteiger partial charge in [-0.1, -0.05) is 34.8 Å². The summed E-state index contributed by atoms with van der Waals surface area (Å²) in [4.78, 5) is 13.6. The van der Waals surface area contributed by atoms with Gasteiger partial charge in [-0.25, -0.2) is 0 Å². The van der Waals surface area contributed by atoms with Crippen molar-refractivity contribution in [3.63, 3.8) is 0 Å². The molecule has 0 aliphatic heterocycles. The number of hydrogen-bond acceptors (Lipinski definition) is 1. The molecule has 0 saturated heterocycles. The molecule has 0 saturated carbocycles. The molecular weight excluding hydrogens is 244 g/mol. The van der Waals surface area contributed by atoms with Gasteiger partial charge in [0.15, 0.2) is 6.29 Å². The minimum atomic E-state index is 0.277. The quantitative estimate of drug-likeness (QED) is 0.762. The zero-order chi connectivity index (χ0) is 10.3. The van der Waals surface area contributed by atoms with Crippen LogP contribution in [-0.2, 0) is 0 Å². The smallest absolute Gasteiger partial charge is 0.153 e. The van der Waals surface area contributed by atoms with Gasteiger partial charge in [-0.15, -0.1) is 0 Å². The third-order valence-corrected chi connectivity index (χ3v) is 2.75. The van der Waals surface area contributed by atoms with Crippen LogP contribution in [-0.4, -0.2) is 11.3 Å². The van der Waals surface area contributed by atoms with Gasteiger partial charge in [-0.05, 0) is 12.1 Å². The van der Waals surface area contributed by atoms with E-state index in [1.165, 1.54) is 0 Å². The van der Waals surface area contributed by atoms with E-state index in [1.807, 2.05) is 0 Å². The monoisotopic (exact) mass is 247 g/mol. The average molecular weight is 248 g/mol. The first-order valence-corrected chi connectivity index (χ1v) is 4.88. The molecule has 0 fully saturated rings. The van der Waals surface area contributed by atoms with E-state index in [0.29, 0.717) is 32.8 Å². The summed E-state index contributed by atoms with van der Waals surface area (Å²) in [7, 11) is 0. The zero-order valence-electron chi connectivity index (χ0n) is 6.77. The number of carbonyl (C=O) groups is 1. The lowest BCUT2D eigenvalue weighted by Crippen LogP contribution is -1.76. The van der Waals surface area contributed by atoms with Gasteiger partial charge in [0, 0.05) is 10.4 Å². The lowest BCUT2D eigenvalue weighted by Gasteiger charge is -1.95. The van der Waals surface area contributed by atoms with Crippen molar-refractivity contribution in [2.45, 2.75) is 0 Å². The van der Waals surface area contributed by atoms with Crippen LogP contribution in [0.1, 0.15) is 10.4 Å². The van der Waals surface area contributed by atoms with Crippen molar-refractivity contribution in [2.24, 2.45) is 0 Å². The Kier molecular flexibility index (Phi) is 2.43. The van der Waals surface area contributed by atoms with Crippen LogP contribution in [0.15, 0.2) is 12.1 Å². The lowest BCUT2D eigenvalue weighted by molar-refractivity contribution is 0.112. The van der Waals surface area contributed by atoms with E-state index in [4.69, 9.17) is 34.8 Å². The van der Waals surface area contributed by atoms with Crippen LogP contribution in [0.25, 0.3) is 10.9 Å². The molecule has 0 spiro atoms. The zero-order valence-corrected chi connectivity index (χ0v) is 9.04. The first-order chi connectivity index (χ1) is 6.63. The van der Waals surface area contributed by atoms with Gasteiger partial charge in [0.1, 0.15) is 5.15 Å². The van der Waals surface area contributed by atoms with E-state index in [0.717, 1.165) is 0 Å². The van der Waals surface area contributed by atoms with Crippen LogP contribution in [0.5, 0.6) is 0 Å². The van der Waals surface area contributed by atoms with E-state index in [2.05, 4.69) is 4.98 Å². The van der Waals surface area contributed by atoms with Crippen molar-refractivity contribution in [3.05, 3.63) is 32.9 Å². The fourth-order valence-corrected chi connectivity index (χ4v) is 2.11. The Morgan fingerprint density at radius 1 is 1.21 bits per heavy atom. The summed E-state index contributed by atoms with van der Waals surface area (Å²) in [5.74, 6) is 0. The van der Waals surface area contributed by atoms with Crippen LogP contribution >= 0.6 is 34.8 Å². The van der Waals surface area contributed by atoms with Crippen LogP contribution in [0.2, 0.25) is 15.2 Å². The molecule has 0 aliphatic rings. The number of fused-ring (bicyclic) bond motifs is 1. The SMILES string of the molecule is O=Cc1c(Cl)[nH]c2c(Cl)cc(Cl)cc12. The largest absolute Gasteiger partial charge is 0.344 e. The third kappa shape index (κ3) is 1.40. The fraction of sp³-hybridized carbons (Fsp3) is 0. The molecule has 0 unspecified atom stereocenters. The molecule has 72 valence electrons. The van der Waals surface area contributed by atoms with Crippen molar-refractivity contribution in [2.75, 3.05) is 0 Å². The summed E-state index contributed by atoms with van der Waals surface area (Å²) in [5, 5.41) is 1.84. The van der Waals surface area contributed by atoms with Crippen molar-refractivity contribution in [1.29, 1.82) is 0 Å². The molecule has 1 N–H and O–H groups in total. The number of aromatic amines is 1. The topological polar surface area (TPSA) is 32.9 Å². The predicted octanol–water partition coefficient (Wildman–Crippen LogP) is 3.94. The average Bonchev–Trinajstić information content (AvgIpc) is 2.41. The van der Waals surface area contributed by atoms with Gasteiger partial charge in [0.25, 0.3) is 0 Å². The minimum Gasteiger partial charge on any atom is -0.344 e. The first-order valence-electron chi connectivity index (χ1n) is 3.75. The van der Waals surface area contributed by atoms with Gasteiger partial charge >= 0.3 is 0 Å². The Bertz CT molecular complexity index is 518. The number of benzene rings is 1. The Morgan fingerprint density at radius 3 is 2.57 bits per heavy atom. The molecule has 2 rings (SSSR count). The summed E-state index contributed by atoms with van der Waals surface area (Å²) in [5.41, 5.74) is 1.01. The van der Waals surface area contributed by atoms with Gasteiger partial charge in [-0.2, -0.15) is 0 Å². The maximum atomic E-state index is 10.7. The molecule has 1 heterocycles. The highest BCUT2D eigenvalue weighted by molar-refractivity contribution is 6.40. The van der Waals surface area contributed by atoms with E-state index in [9.17, 15) is 4.79 Å². The molecule has 5 heteroatoms. The van der Waals surface area contributed by atoms with Gasteiger partial charge in [0.05, 0.1) is 16.1 Å². The van der Waals surface area contributed by atoms with Crippen molar-refractivity contribution >= 4 is 52.0 Å². The maximum absolute atomic E-state index is 10.7. The van der Waals surface area contributed by atoms with Gasteiger partial charge in [0.2, 0.25) is 0 Å². The number of hydrogen-bond donors (Lipinski definition) is 1. The number of carbonyl (C=O) groups excluding carboxylic acids is 1. The summed E-state index contributed by atoms with van der Waals surface area (Å²) in [6.45, 7) is 0. The van der Waals surface area contributed by atoms with E-state index < -0.39 is 0 Å². The highest BCUT2D eigenvalue weighted by Crippen LogP contribution is 2.32. The van der Waals surface area contributed by atoms with Crippen molar-refractivity contribution in [1.82, 2.24) is 4.98 Å². The lowest BCUT2D eigenvalue weighted by atomic mass is 10.2. The van der Waals surface area contributed by atoms with Crippen LogP contribution in [0.3, 0.4) is 0 Å². The second-order valence-electron chi connectivity index (χ2n) is 2.78. The number of rotatable bonds is 1. The molecule has 2 nitrogen and oxygen atoms in total. The summed E-state index contributed by atoms with van der Waals surface area (Å²) in [6.07, 6.45) is 0.674. The van der Waals surface area contributed by atoms with Crippen molar-refractivity contribution < 1.29 is 4.79 Å². The summed E-state index contributed by atoms with van der Waals surface area (Å²) >= 11 is 17.5. The highest BCUT2D eigenvalue weighted by Gasteiger charge is 2.12. The fourth-order valence-electron chi connectivity index (χ4n) is 1.32. The predicted molar refractivity (Wildman–Crippen MR) is 58.7 cm³/mol. The molecule has 1 aromatic carbocycles. The second kappa shape index (κ2) is 3.46. The third-order valence-electron chi connectivity index (χ3n) is 1.93. The van der Waals surface area contributed by atoms with E-state index in [-0.39, 0.29) is 5.15 Å². The molecule has 1 aromatic heterocycles. The van der Waals surface area contributed by atoms with Gasteiger partial charge in [-0.3, -0.25) is 4.79 Å². The molecule has 14 heavy (non-hydrogen) atoms. The summed E-state index contributed by atoms with van der Waals surface area (Å²) in [6, 6.07) is 3.24. The minimum absolute atomic E-state index is 0.277. The second-order valence-corrected chi connectivity index (χ2v) is 4.00. The van der Waals surface area contributed by atoms with Crippen LogP contribution < -0.4 is 0 Å². The molecule has 0 aliphatic carbocycles. The number of H-pyrrole nitrogens is 1. The molecule has 0 atom stereocenters. The molecular formula is C9H4Cl3NO. The number of halogens is 3. The molecule has 0 radical (unpaired) electrons. The number of aldehydes is 1. The normalized spacial score (nSPS) is 10.8. The standard InChI is InChI=1S/C9H4Cl3NO/c10-4-1-5-6(3-14)9(12)13-8(5)7(11)2-4/h1-3,13H. The number of aromatic nitrogens is 1. The Labute approximate surface area is 94.8 Å². The van der Waals surface area contributed by atoms with E-state index >= 15 is 0 Å². The molecule has 0 amide bonds. The van der Waals surface area contributed by atoms with Crippen LogP contribution in [0.4, 0.5) is 0 Å². The Balaban J connectivity index is 2.94.